The zero-order valence-electron chi connectivity index (χ0n) is 12.4. The predicted octanol–water partition coefficient (Wildman–Crippen LogP) is 2.99. The molecule has 0 heterocycles. The summed E-state index contributed by atoms with van der Waals surface area (Å²) in [5.74, 6) is 0.948. The number of amides is 1. The van der Waals surface area contributed by atoms with E-state index in [0.717, 1.165) is 31.7 Å². The van der Waals surface area contributed by atoms with Gasteiger partial charge in [0.05, 0.1) is 6.61 Å². The molecule has 0 aromatic heterocycles. The second-order valence-corrected chi connectivity index (χ2v) is 5.75. The Morgan fingerprint density at radius 1 is 1.19 bits per heavy atom. The Kier molecular flexibility index (Phi) is 12.8. The Bertz CT molecular complexity index is 388. The first-order chi connectivity index (χ1) is 9.72. The van der Waals surface area contributed by atoms with E-state index in [1.807, 2.05) is 24.3 Å². The van der Waals surface area contributed by atoms with Gasteiger partial charge in [0.25, 0.3) is 0 Å². The average molecular weight is 427 g/mol. The summed E-state index contributed by atoms with van der Waals surface area (Å²) < 4.78 is 6.76. The number of benzene rings is 1. The molecule has 0 aliphatic carbocycles. The van der Waals surface area contributed by atoms with Gasteiger partial charge in [-0.3, -0.25) is 4.79 Å². The van der Waals surface area contributed by atoms with E-state index in [0.29, 0.717) is 19.6 Å². The van der Waals surface area contributed by atoms with Gasteiger partial charge in [0.15, 0.2) is 0 Å². The summed E-state index contributed by atoms with van der Waals surface area (Å²) in [6.07, 6.45) is 2.36. The molecule has 0 aliphatic rings. The van der Waals surface area contributed by atoms with Crippen LogP contribution < -0.4 is 15.4 Å². The van der Waals surface area contributed by atoms with Crippen LogP contribution in [0.5, 0.6) is 5.75 Å². The van der Waals surface area contributed by atoms with E-state index in [2.05, 4.69) is 40.1 Å². The molecule has 0 saturated heterocycles. The zero-order valence-corrected chi connectivity index (χ0v) is 15.3. The average Bonchev–Trinajstić information content (AvgIpc) is 2.45. The number of hydrogen-bond donors (Lipinski definition) is 2. The van der Waals surface area contributed by atoms with Crippen LogP contribution in [0.4, 0.5) is 0 Å². The number of nitrogens with one attached hydrogen (secondary N) is 2. The third kappa shape index (κ3) is 10.8. The van der Waals surface area contributed by atoms with E-state index < -0.39 is 0 Å². The summed E-state index contributed by atoms with van der Waals surface area (Å²) in [6, 6.07) is 7.90. The van der Waals surface area contributed by atoms with Gasteiger partial charge in [-0.15, -0.1) is 12.4 Å². The van der Waals surface area contributed by atoms with E-state index in [1.54, 1.807) is 0 Å². The summed E-state index contributed by atoms with van der Waals surface area (Å²) in [4.78, 5) is 11.5. The fraction of sp³-hybridized carbons (Fsp3) is 0.533. The third-order valence-corrected chi connectivity index (χ3v) is 3.40. The summed E-state index contributed by atoms with van der Waals surface area (Å²) in [6.45, 7) is 5.22. The molecule has 1 aromatic rings. The van der Waals surface area contributed by atoms with E-state index in [1.165, 1.54) is 3.57 Å². The maximum absolute atomic E-state index is 11.5. The third-order valence-electron chi connectivity index (χ3n) is 2.68. The first-order valence-electron chi connectivity index (χ1n) is 7.08. The smallest absolute Gasteiger partial charge is 0.220 e. The van der Waals surface area contributed by atoms with Gasteiger partial charge in [-0.25, -0.2) is 0 Å². The SMILES string of the molecule is CCCNCCNC(=O)CCCOc1ccc(I)cc1.Cl. The van der Waals surface area contributed by atoms with Gasteiger partial charge in [-0.05, 0) is 66.2 Å². The van der Waals surface area contributed by atoms with Crippen LogP contribution in [-0.2, 0) is 4.79 Å². The van der Waals surface area contributed by atoms with Crippen molar-refractivity contribution in [2.45, 2.75) is 26.2 Å². The Morgan fingerprint density at radius 3 is 2.57 bits per heavy atom. The van der Waals surface area contributed by atoms with Crippen LogP contribution in [0.15, 0.2) is 24.3 Å². The molecule has 1 rings (SSSR count). The van der Waals surface area contributed by atoms with Crippen molar-refractivity contribution in [2.24, 2.45) is 0 Å². The van der Waals surface area contributed by atoms with Crippen LogP contribution in [0.25, 0.3) is 0 Å². The van der Waals surface area contributed by atoms with E-state index >= 15 is 0 Å². The lowest BCUT2D eigenvalue weighted by Crippen LogP contribution is -2.32. The molecule has 4 nitrogen and oxygen atoms in total. The molecular weight excluding hydrogens is 403 g/mol. The Morgan fingerprint density at radius 2 is 1.90 bits per heavy atom. The lowest BCUT2D eigenvalue weighted by molar-refractivity contribution is -0.121. The minimum atomic E-state index is 0. The lowest BCUT2D eigenvalue weighted by Gasteiger charge is -2.07. The van der Waals surface area contributed by atoms with Crippen molar-refractivity contribution in [3.63, 3.8) is 0 Å². The summed E-state index contributed by atoms with van der Waals surface area (Å²) in [5.41, 5.74) is 0. The van der Waals surface area contributed by atoms with Crippen LogP contribution in [0, 0.1) is 3.57 Å². The van der Waals surface area contributed by atoms with Crippen molar-refractivity contribution in [2.75, 3.05) is 26.2 Å². The quantitative estimate of drug-likeness (QED) is 0.447. The van der Waals surface area contributed by atoms with E-state index in [-0.39, 0.29) is 18.3 Å². The number of carbonyl (C=O) groups excluding carboxylic acids is 1. The van der Waals surface area contributed by atoms with E-state index in [4.69, 9.17) is 4.74 Å². The number of rotatable bonds is 10. The number of halogens is 2. The highest BCUT2D eigenvalue weighted by molar-refractivity contribution is 14.1. The lowest BCUT2D eigenvalue weighted by atomic mass is 10.3. The Hall–Kier alpha value is -0.530. The first kappa shape index (κ1) is 20.5. The van der Waals surface area contributed by atoms with Crippen molar-refractivity contribution >= 4 is 40.9 Å². The van der Waals surface area contributed by atoms with Crippen molar-refractivity contribution in [3.8, 4) is 5.75 Å². The molecule has 0 unspecified atom stereocenters. The highest BCUT2D eigenvalue weighted by atomic mass is 127. The van der Waals surface area contributed by atoms with Gasteiger partial charge in [0.2, 0.25) is 5.91 Å². The highest BCUT2D eigenvalue weighted by Gasteiger charge is 2.00. The van der Waals surface area contributed by atoms with Crippen molar-refractivity contribution in [3.05, 3.63) is 27.8 Å². The van der Waals surface area contributed by atoms with Crippen molar-refractivity contribution < 1.29 is 9.53 Å². The molecule has 1 amide bonds. The minimum absolute atomic E-state index is 0. The second kappa shape index (κ2) is 13.2. The number of hydrogen-bond acceptors (Lipinski definition) is 3. The maximum Gasteiger partial charge on any atom is 0.220 e. The van der Waals surface area contributed by atoms with Crippen LogP contribution in [0.2, 0.25) is 0 Å². The van der Waals surface area contributed by atoms with Crippen molar-refractivity contribution in [1.82, 2.24) is 10.6 Å². The molecule has 0 radical (unpaired) electrons. The molecule has 2 N–H and O–H groups in total. The normalized spacial score (nSPS) is 9.81. The molecule has 21 heavy (non-hydrogen) atoms. The molecule has 1 aromatic carbocycles. The van der Waals surface area contributed by atoms with Gasteiger partial charge in [-0.2, -0.15) is 0 Å². The van der Waals surface area contributed by atoms with Crippen LogP contribution >= 0.6 is 35.0 Å². The van der Waals surface area contributed by atoms with Crippen LogP contribution in [0.1, 0.15) is 26.2 Å². The Labute approximate surface area is 147 Å². The monoisotopic (exact) mass is 426 g/mol. The molecule has 0 fully saturated rings. The molecule has 0 saturated carbocycles. The van der Waals surface area contributed by atoms with Crippen LogP contribution in [-0.4, -0.2) is 32.1 Å². The van der Waals surface area contributed by atoms with Crippen LogP contribution in [0.3, 0.4) is 0 Å². The molecule has 0 bridgehead atoms. The molecular formula is C15H24ClIN2O2. The van der Waals surface area contributed by atoms with Gasteiger partial charge < -0.3 is 15.4 Å². The van der Waals surface area contributed by atoms with Gasteiger partial charge >= 0.3 is 0 Å². The van der Waals surface area contributed by atoms with Gasteiger partial charge in [-0.1, -0.05) is 6.92 Å². The summed E-state index contributed by atoms with van der Waals surface area (Å²) in [5, 5.41) is 6.13. The second-order valence-electron chi connectivity index (χ2n) is 4.51. The first-order valence-corrected chi connectivity index (χ1v) is 8.16. The fourth-order valence-electron chi connectivity index (χ4n) is 1.63. The molecule has 0 atom stereocenters. The zero-order chi connectivity index (χ0) is 14.6. The largest absolute Gasteiger partial charge is 0.494 e. The standard InChI is InChI=1S/C15H23IN2O2.ClH/c1-2-9-17-10-11-18-15(19)4-3-12-20-14-7-5-13(16)6-8-14;/h5-8,17H,2-4,9-12H2,1H3,(H,18,19);1H. The number of carbonyl (C=O) groups is 1. The predicted molar refractivity (Wildman–Crippen MR) is 97.3 cm³/mol. The maximum atomic E-state index is 11.5. The molecule has 6 heteroatoms. The summed E-state index contributed by atoms with van der Waals surface area (Å²) in [7, 11) is 0. The van der Waals surface area contributed by atoms with Gasteiger partial charge in [0.1, 0.15) is 5.75 Å². The highest BCUT2D eigenvalue weighted by Crippen LogP contribution is 2.13. The summed E-state index contributed by atoms with van der Waals surface area (Å²) >= 11 is 2.26. The molecule has 0 aliphatic heterocycles. The van der Waals surface area contributed by atoms with E-state index in [9.17, 15) is 4.79 Å². The fourth-order valence-corrected chi connectivity index (χ4v) is 1.99. The minimum Gasteiger partial charge on any atom is -0.494 e. The molecule has 0 spiro atoms. The van der Waals surface area contributed by atoms with Crippen molar-refractivity contribution in [1.29, 1.82) is 0 Å². The molecule has 120 valence electrons. The van der Waals surface area contributed by atoms with Gasteiger partial charge in [0, 0.05) is 23.1 Å². The number of ether oxygens (including phenoxy) is 1. The Balaban J connectivity index is 0.00000400. The topological polar surface area (TPSA) is 50.4 Å².